The fourth-order valence-corrected chi connectivity index (χ4v) is 1.15. The van der Waals surface area contributed by atoms with Crippen LogP contribution in [0.25, 0.3) is 0 Å². The number of nitrogens with two attached hydrogens (primary N) is 1. The van der Waals surface area contributed by atoms with Gasteiger partial charge in [0.1, 0.15) is 0 Å². The van der Waals surface area contributed by atoms with Crippen molar-refractivity contribution in [1.82, 2.24) is 0 Å². The Bertz CT molecular complexity index is 433. The van der Waals surface area contributed by atoms with Crippen molar-refractivity contribution in [3.05, 3.63) is 33.9 Å². The second-order valence-corrected chi connectivity index (χ2v) is 3.13. The molecule has 0 spiro atoms. The topological polar surface area (TPSA) is 105 Å². The number of ether oxygens (including phenoxy) is 2. The lowest BCUT2D eigenvalue weighted by atomic mass is 10.2. The molecule has 0 saturated heterocycles. The Morgan fingerprint density at radius 2 is 2.24 bits per heavy atom. The van der Waals surface area contributed by atoms with Crippen molar-refractivity contribution in [2.45, 2.75) is 6.54 Å². The molecular formula is C10H12N2O5. The van der Waals surface area contributed by atoms with Crippen LogP contribution in [0.15, 0.2) is 18.2 Å². The molecule has 0 fully saturated rings. The highest BCUT2D eigenvalue weighted by Crippen LogP contribution is 2.27. The lowest BCUT2D eigenvalue weighted by molar-refractivity contribution is -0.385. The highest BCUT2D eigenvalue weighted by molar-refractivity contribution is 5.71. The van der Waals surface area contributed by atoms with Crippen LogP contribution in [0, 0.1) is 10.1 Å². The Morgan fingerprint density at radius 3 is 2.76 bits per heavy atom. The second-order valence-electron chi connectivity index (χ2n) is 3.13. The van der Waals surface area contributed by atoms with Gasteiger partial charge in [-0.1, -0.05) is 6.07 Å². The average Bonchev–Trinajstić information content (AvgIpc) is 2.35. The summed E-state index contributed by atoms with van der Waals surface area (Å²) in [6, 6.07) is 4.25. The summed E-state index contributed by atoms with van der Waals surface area (Å²) in [5.74, 6) is -0.610. The molecule has 0 amide bonds. The van der Waals surface area contributed by atoms with Gasteiger partial charge in [-0.3, -0.25) is 10.1 Å². The van der Waals surface area contributed by atoms with Gasteiger partial charge in [0.25, 0.3) is 0 Å². The molecule has 1 aromatic rings. The summed E-state index contributed by atoms with van der Waals surface area (Å²) in [4.78, 5) is 21.0. The van der Waals surface area contributed by atoms with Gasteiger partial charge in [-0.05, 0) is 11.6 Å². The van der Waals surface area contributed by atoms with Gasteiger partial charge in [-0.15, -0.1) is 0 Å². The number of carbonyl (C=O) groups is 1. The van der Waals surface area contributed by atoms with E-state index in [4.69, 9.17) is 10.5 Å². The predicted octanol–water partition coefficient (Wildman–Crippen LogP) is 0.605. The number of esters is 1. The number of hydrogen-bond acceptors (Lipinski definition) is 6. The number of rotatable bonds is 5. The largest absolute Gasteiger partial charge is 0.475 e. The normalized spacial score (nSPS) is 9.76. The van der Waals surface area contributed by atoms with Gasteiger partial charge in [0.05, 0.1) is 12.0 Å². The Kier molecular flexibility index (Phi) is 4.41. The van der Waals surface area contributed by atoms with E-state index in [2.05, 4.69) is 4.74 Å². The van der Waals surface area contributed by atoms with E-state index in [0.717, 1.165) is 0 Å². The maximum absolute atomic E-state index is 10.9. The van der Waals surface area contributed by atoms with Gasteiger partial charge in [0, 0.05) is 12.6 Å². The van der Waals surface area contributed by atoms with Crippen molar-refractivity contribution in [2.75, 3.05) is 13.7 Å². The van der Waals surface area contributed by atoms with E-state index in [9.17, 15) is 14.9 Å². The lowest BCUT2D eigenvalue weighted by Crippen LogP contribution is -2.13. The van der Waals surface area contributed by atoms with Gasteiger partial charge in [0.15, 0.2) is 12.4 Å². The zero-order chi connectivity index (χ0) is 12.8. The van der Waals surface area contributed by atoms with Crippen LogP contribution in [-0.2, 0) is 16.1 Å². The Labute approximate surface area is 97.3 Å². The van der Waals surface area contributed by atoms with E-state index < -0.39 is 10.9 Å². The third kappa shape index (κ3) is 3.42. The number of hydrogen-bond donors (Lipinski definition) is 1. The highest BCUT2D eigenvalue weighted by Gasteiger charge is 2.16. The van der Waals surface area contributed by atoms with Crippen LogP contribution in [0.3, 0.4) is 0 Å². The van der Waals surface area contributed by atoms with Crippen LogP contribution >= 0.6 is 0 Å². The van der Waals surface area contributed by atoms with Gasteiger partial charge in [-0.25, -0.2) is 4.79 Å². The quantitative estimate of drug-likeness (QED) is 0.459. The predicted molar refractivity (Wildman–Crippen MR) is 58.5 cm³/mol. The Morgan fingerprint density at radius 1 is 1.53 bits per heavy atom. The molecule has 92 valence electrons. The zero-order valence-corrected chi connectivity index (χ0v) is 9.21. The highest BCUT2D eigenvalue weighted by atomic mass is 16.6. The molecule has 0 bridgehead atoms. The molecule has 17 heavy (non-hydrogen) atoms. The Hall–Kier alpha value is -2.15. The standard InChI is InChI=1S/C10H12N2O5/c1-16-10(13)6-17-9-4-7(5-11)2-3-8(9)12(14)15/h2-4H,5-6,11H2,1H3. The maximum atomic E-state index is 10.9. The fourth-order valence-electron chi connectivity index (χ4n) is 1.15. The molecule has 0 atom stereocenters. The van der Waals surface area contributed by atoms with Gasteiger partial charge < -0.3 is 15.2 Å². The lowest BCUT2D eigenvalue weighted by Gasteiger charge is -2.06. The molecule has 2 N–H and O–H groups in total. The molecule has 0 radical (unpaired) electrons. The van der Waals surface area contributed by atoms with E-state index >= 15 is 0 Å². The summed E-state index contributed by atoms with van der Waals surface area (Å²) in [6.45, 7) is -0.155. The molecule has 1 aromatic carbocycles. The number of nitrogens with zero attached hydrogens (tertiary/aromatic N) is 1. The monoisotopic (exact) mass is 240 g/mol. The molecule has 1 rings (SSSR count). The van der Waals surface area contributed by atoms with E-state index in [1.165, 1.54) is 25.3 Å². The minimum atomic E-state index is -0.613. The van der Waals surface area contributed by atoms with Gasteiger partial charge in [0.2, 0.25) is 0 Å². The molecule has 0 unspecified atom stereocenters. The van der Waals surface area contributed by atoms with Crippen LogP contribution < -0.4 is 10.5 Å². The van der Waals surface area contributed by atoms with Crippen LogP contribution in [0.2, 0.25) is 0 Å². The van der Waals surface area contributed by atoms with Crippen LogP contribution in [0.5, 0.6) is 5.75 Å². The summed E-state index contributed by atoms with van der Waals surface area (Å²) < 4.78 is 9.39. The minimum Gasteiger partial charge on any atom is -0.475 e. The van der Waals surface area contributed by atoms with Gasteiger partial charge in [-0.2, -0.15) is 0 Å². The third-order valence-electron chi connectivity index (χ3n) is 2.03. The van der Waals surface area contributed by atoms with E-state index in [0.29, 0.717) is 5.56 Å². The van der Waals surface area contributed by atoms with E-state index in [-0.39, 0.29) is 24.6 Å². The first-order chi connectivity index (χ1) is 8.08. The molecule has 0 aliphatic heterocycles. The van der Waals surface area contributed by atoms with Crippen molar-refractivity contribution in [3.63, 3.8) is 0 Å². The number of carbonyl (C=O) groups excluding carboxylic acids is 1. The number of nitro groups is 1. The van der Waals surface area contributed by atoms with Crippen LogP contribution in [-0.4, -0.2) is 24.6 Å². The maximum Gasteiger partial charge on any atom is 0.343 e. The molecule has 0 aliphatic carbocycles. The number of methoxy groups -OCH3 is 1. The smallest absolute Gasteiger partial charge is 0.343 e. The molecule has 7 nitrogen and oxygen atoms in total. The molecular weight excluding hydrogens is 228 g/mol. The molecule has 0 aliphatic rings. The summed E-state index contributed by atoms with van der Waals surface area (Å²) in [6.07, 6.45) is 0. The number of nitro benzene ring substituents is 1. The van der Waals surface area contributed by atoms with Crippen molar-refractivity contribution in [2.24, 2.45) is 5.73 Å². The summed E-state index contributed by atoms with van der Waals surface area (Å²) in [5.41, 5.74) is 5.87. The first kappa shape index (κ1) is 12.9. The van der Waals surface area contributed by atoms with Crippen LogP contribution in [0.1, 0.15) is 5.56 Å². The van der Waals surface area contributed by atoms with Crippen LogP contribution in [0.4, 0.5) is 5.69 Å². The fraction of sp³-hybridized carbons (Fsp3) is 0.300. The first-order valence-corrected chi connectivity index (χ1v) is 4.75. The molecule has 0 aromatic heterocycles. The Balaban J connectivity index is 2.93. The molecule has 0 saturated carbocycles. The van der Waals surface area contributed by atoms with Crippen molar-refractivity contribution in [1.29, 1.82) is 0 Å². The summed E-state index contributed by atoms with van der Waals surface area (Å²) in [5, 5.41) is 10.7. The molecule has 0 heterocycles. The summed E-state index contributed by atoms with van der Waals surface area (Å²) >= 11 is 0. The SMILES string of the molecule is COC(=O)COc1cc(CN)ccc1[N+](=O)[O-]. The number of benzene rings is 1. The van der Waals surface area contributed by atoms with E-state index in [1.54, 1.807) is 0 Å². The minimum absolute atomic E-state index is 0.00310. The van der Waals surface area contributed by atoms with Gasteiger partial charge >= 0.3 is 11.7 Å². The molecule has 7 heteroatoms. The van der Waals surface area contributed by atoms with E-state index in [1.807, 2.05) is 0 Å². The van der Waals surface area contributed by atoms with Crippen molar-refractivity contribution in [3.8, 4) is 5.75 Å². The third-order valence-corrected chi connectivity index (χ3v) is 2.03. The van der Waals surface area contributed by atoms with Crippen molar-refractivity contribution < 1.29 is 19.2 Å². The zero-order valence-electron chi connectivity index (χ0n) is 9.21. The second kappa shape index (κ2) is 5.80. The van der Waals surface area contributed by atoms with Crippen molar-refractivity contribution >= 4 is 11.7 Å². The first-order valence-electron chi connectivity index (χ1n) is 4.75. The average molecular weight is 240 g/mol. The summed E-state index contributed by atoms with van der Waals surface area (Å²) in [7, 11) is 1.20.